The first-order valence-electron chi connectivity index (χ1n) is 7.28. The maximum Gasteiger partial charge on any atom is 0.339 e. The third-order valence-electron chi connectivity index (χ3n) is 3.61. The van der Waals surface area contributed by atoms with Gasteiger partial charge in [-0.05, 0) is 29.0 Å². The minimum atomic E-state index is -1.11. The van der Waals surface area contributed by atoms with Crippen LogP contribution < -0.4 is 4.74 Å². The van der Waals surface area contributed by atoms with Crippen LogP contribution in [0, 0.1) is 0 Å². The average molecular weight is 322 g/mol. The van der Waals surface area contributed by atoms with Gasteiger partial charge in [0.25, 0.3) is 0 Å². The molecule has 0 heterocycles. The summed E-state index contributed by atoms with van der Waals surface area (Å²) in [7, 11) is 0. The van der Waals surface area contributed by atoms with E-state index in [1.165, 1.54) is 0 Å². The second-order valence-corrected chi connectivity index (χ2v) is 5.28. The fourth-order valence-electron chi connectivity index (χ4n) is 2.50. The van der Waals surface area contributed by atoms with Crippen LogP contribution in [-0.4, -0.2) is 22.2 Å². The average Bonchev–Trinajstić information content (AvgIpc) is 2.55. The van der Waals surface area contributed by atoms with Crippen LogP contribution in [0.3, 0.4) is 0 Å². The highest BCUT2D eigenvalue weighted by molar-refractivity contribution is 5.97. The zero-order valence-corrected chi connectivity index (χ0v) is 12.6. The molecule has 3 aromatic rings. The molecule has 0 fully saturated rings. The van der Waals surface area contributed by atoms with E-state index in [1.807, 2.05) is 24.3 Å². The molecule has 5 nitrogen and oxygen atoms in total. The van der Waals surface area contributed by atoms with Crippen LogP contribution in [0.5, 0.6) is 11.5 Å². The minimum absolute atomic E-state index is 0.0267. The highest BCUT2D eigenvalue weighted by Gasteiger charge is 2.16. The van der Waals surface area contributed by atoms with Crippen molar-refractivity contribution < 1.29 is 24.5 Å². The fourth-order valence-corrected chi connectivity index (χ4v) is 2.50. The van der Waals surface area contributed by atoms with E-state index >= 15 is 0 Å². The zero-order chi connectivity index (χ0) is 17.1. The molecule has 0 saturated heterocycles. The van der Waals surface area contributed by atoms with Crippen molar-refractivity contribution in [2.45, 2.75) is 6.42 Å². The topological polar surface area (TPSA) is 83.8 Å². The molecule has 120 valence electrons. The van der Waals surface area contributed by atoms with Crippen LogP contribution in [0.4, 0.5) is 0 Å². The summed E-state index contributed by atoms with van der Waals surface area (Å²) in [5.74, 6) is -1.58. The van der Waals surface area contributed by atoms with E-state index < -0.39 is 11.9 Å². The Morgan fingerprint density at radius 1 is 0.833 bits per heavy atom. The first-order chi connectivity index (χ1) is 11.5. The predicted molar refractivity (Wildman–Crippen MR) is 88.8 cm³/mol. The number of ether oxygens (including phenoxy) is 1. The first-order valence-corrected chi connectivity index (χ1v) is 7.28. The van der Waals surface area contributed by atoms with Crippen molar-refractivity contribution in [3.63, 3.8) is 0 Å². The molecule has 0 spiro atoms. The number of carboxylic acid groups (broad SMARTS) is 2. The Bertz CT molecular complexity index is 930. The molecular formula is C19H14O5. The lowest BCUT2D eigenvalue weighted by Gasteiger charge is -2.13. The van der Waals surface area contributed by atoms with Crippen molar-refractivity contribution in [2.24, 2.45) is 0 Å². The van der Waals surface area contributed by atoms with Gasteiger partial charge in [0.2, 0.25) is 0 Å². The number of fused-ring (bicyclic) bond motifs is 1. The van der Waals surface area contributed by atoms with E-state index in [0.29, 0.717) is 11.3 Å². The normalized spacial score (nSPS) is 10.5. The Labute approximate surface area is 137 Å². The molecule has 3 rings (SSSR count). The van der Waals surface area contributed by atoms with E-state index in [0.717, 1.165) is 10.8 Å². The van der Waals surface area contributed by atoms with Crippen molar-refractivity contribution in [1.82, 2.24) is 0 Å². The smallest absolute Gasteiger partial charge is 0.339 e. The summed E-state index contributed by atoms with van der Waals surface area (Å²) < 4.78 is 5.77. The second-order valence-electron chi connectivity index (χ2n) is 5.28. The van der Waals surface area contributed by atoms with Gasteiger partial charge < -0.3 is 14.9 Å². The molecule has 0 unspecified atom stereocenters. The van der Waals surface area contributed by atoms with Crippen molar-refractivity contribution in [2.75, 3.05) is 0 Å². The van der Waals surface area contributed by atoms with Gasteiger partial charge in [0.15, 0.2) is 0 Å². The maximum absolute atomic E-state index is 11.5. The lowest BCUT2D eigenvalue weighted by molar-refractivity contribution is -0.136. The Morgan fingerprint density at radius 2 is 1.46 bits per heavy atom. The predicted octanol–water partition coefficient (Wildman–Crippen LogP) is 3.96. The number of carbonyl (C=O) groups is 2. The molecule has 5 heteroatoms. The summed E-state index contributed by atoms with van der Waals surface area (Å²) in [5.41, 5.74) is 0.508. The third kappa shape index (κ3) is 3.20. The van der Waals surface area contributed by atoms with Gasteiger partial charge in [-0.1, -0.05) is 42.5 Å². The van der Waals surface area contributed by atoms with Gasteiger partial charge >= 0.3 is 11.9 Å². The molecular weight excluding hydrogens is 308 g/mol. The van der Waals surface area contributed by atoms with Gasteiger partial charge in [-0.3, -0.25) is 4.79 Å². The van der Waals surface area contributed by atoms with E-state index in [1.54, 1.807) is 36.4 Å². The number of aromatic carboxylic acids is 1. The lowest BCUT2D eigenvalue weighted by Crippen LogP contribution is -2.04. The molecule has 3 aromatic carbocycles. The molecule has 0 atom stereocenters. The third-order valence-corrected chi connectivity index (χ3v) is 3.61. The van der Waals surface area contributed by atoms with Gasteiger partial charge in [0, 0.05) is 5.56 Å². The molecule has 0 amide bonds. The molecule has 0 aliphatic carbocycles. The quantitative estimate of drug-likeness (QED) is 0.743. The monoisotopic (exact) mass is 322 g/mol. The van der Waals surface area contributed by atoms with E-state index in [2.05, 4.69) is 0 Å². The summed E-state index contributed by atoms with van der Waals surface area (Å²) >= 11 is 0. The molecule has 0 radical (unpaired) electrons. The van der Waals surface area contributed by atoms with Gasteiger partial charge in [0.05, 0.1) is 6.42 Å². The highest BCUT2D eigenvalue weighted by atomic mass is 16.5. The number of hydrogen-bond donors (Lipinski definition) is 2. The van der Waals surface area contributed by atoms with Gasteiger partial charge in [0.1, 0.15) is 17.1 Å². The Balaban J connectivity index is 2.08. The summed E-state index contributed by atoms with van der Waals surface area (Å²) in [6, 6.07) is 17.3. The van der Waals surface area contributed by atoms with Crippen LogP contribution in [0.15, 0.2) is 60.7 Å². The molecule has 24 heavy (non-hydrogen) atoms. The number of para-hydroxylation sites is 1. The number of carboxylic acids is 2. The zero-order valence-electron chi connectivity index (χ0n) is 12.6. The molecule has 0 saturated carbocycles. The molecule has 0 aliphatic rings. The van der Waals surface area contributed by atoms with Gasteiger partial charge in [-0.2, -0.15) is 0 Å². The molecule has 0 aromatic heterocycles. The van der Waals surface area contributed by atoms with E-state index in [4.69, 9.17) is 9.84 Å². The Hall–Kier alpha value is -3.34. The van der Waals surface area contributed by atoms with Crippen LogP contribution in [0.25, 0.3) is 10.8 Å². The minimum Gasteiger partial charge on any atom is -0.481 e. The largest absolute Gasteiger partial charge is 0.481 e. The Morgan fingerprint density at radius 3 is 2.12 bits per heavy atom. The van der Waals surface area contributed by atoms with E-state index in [9.17, 15) is 14.7 Å². The van der Waals surface area contributed by atoms with E-state index in [-0.39, 0.29) is 17.7 Å². The summed E-state index contributed by atoms with van der Waals surface area (Å²) in [4.78, 5) is 22.5. The summed E-state index contributed by atoms with van der Waals surface area (Å²) in [5, 5.41) is 20.1. The molecule has 0 bridgehead atoms. The lowest BCUT2D eigenvalue weighted by atomic mass is 10.1. The Kier molecular flexibility index (Phi) is 4.16. The van der Waals surface area contributed by atoms with Crippen LogP contribution in [0.1, 0.15) is 15.9 Å². The second kappa shape index (κ2) is 6.42. The standard InChI is InChI=1S/C19H14O5/c20-18(21)11-14-7-3-4-8-16(14)24-17-10-13-6-2-1-5-12(13)9-15(17)19(22)23/h1-10H,11H2,(H,20,21)(H,22,23). The number of rotatable bonds is 5. The number of hydrogen-bond acceptors (Lipinski definition) is 3. The first kappa shape index (κ1) is 15.6. The van der Waals surface area contributed by atoms with Crippen molar-refractivity contribution in [1.29, 1.82) is 0 Å². The number of benzene rings is 3. The summed E-state index contributed by atoms with van der Waals surface area (Å²) in [6.07, 6.45) is -0.202. The number of aliphatic carboxylic acids is 1. The summed E-state index contributed by atoms with van der Waals surface area (Å²) in [6.45, 7) is 0. The van der Waals surface area contributed by atoms with Crippen LogP contribution >= 0.6 is 0 Å². The fraction of sp³-hybridized carbons (Fsp3) is 0.0526. The molecule has 2 N–H and O–H groups in total. The maximum atomic E-state index is 11.5. The van der Waals surface area contributed by atoms with Gasteiger partial charge in [-0.15, -0.1) is 0 Å². The van der Waals surface area contributed by atoms with Gasteiger partial charge in [-0.25, -0.2) is 4.79 Å². The van der Waals surface area contributed by atoms with Crippen LogP contribution in [0.2, 0.25) is 0 Å². The van der Waals surface area contributed by atoms with Crippen molar-refractivity contribution >= 4 is 22.7 Å². The SMILES string of the molecule is O=C(O)Cc1ccccc1Oc1cc2ccccc2cc1C(=O)O. The van der Waals surface area contributed by atoms with Crippen LogP contribution in [-0.2, 0) is 11.2 Å². The highest BCUT2D eigenvalue weighted by Crippen LogP contribution is 2.32. The molecule has 0 aliphatic heterocycles. The van der Waals surface area contributed by atoms with Crippen molar-refractivity contribution in [3.05, 3.63) is 71.8 Å². The van der Waals surface area contributed by atoms with Crippen molar-refractivity contribution in [3.8, 4) is 11.5 Å².